The summed E-state index contributed by atoms with van der Waals surface area (Å²) in [5.41, 5.74) is 5.66. The number of H-pyrrole nitrogens is 1. The number of anilines is 1. The third-order valence-corrected chi connectivity index (χ3v) is 3.07. The van der Waals surface area contributed by atoms with Gasteiger partial charge in [0.05, 0.1) is 13.2 Å². The number of nitrogens with two attached hydrogens (primary N) is 1. The van der Waals surface area contributed by atoms with Gasteiger partial charge in [-0.3, -0.25) is 9.69 Å². The third-order valence-electron chi connectivity index (χ3n) is 3.07. The van der Waals surface area contributed by atoms with E-state index in [1.807, 2.05) is 0 Å². The van der Waals surface area contributed by atoms with Crippen molar-refractivity contribution in [2.24, 2.45) is 5.92 Å². The van der Waals surface area contributed by atoms with Crippen LogP contribution in [-0.2, 0) is 4.74 Å². The number of aromatic nitrogens is 3. The number of carbonyl (C=O) groups is 1. The average Bonchev–Trinajstić information content (AvgIpc) is 2.83. The Morgan fingerprint density at radius 1 is 1.53 bits per heavy atom. The molecule has 0 bridgehead atoms. The molecule has 0 spiro atoms. The van der Waals surface area contributed by atoms with Crippen molar-refractivity contribution >= 4 is 11.7 Å². The summed E-state index contributed by atoms with van der Waals surface area (Å²) < 4.78 is 5.30. The molecular formula is C11H20N6O2. The van der Waals surface area contributed by atoms with Crippen molar-refractivity contribution in [1.82, 2.24) is 25.6 Å². The second-order valence-electron chi connectivity index (χ2n) is 4.79. The van der Waals surface area contributed by atoms with E-state index in [0.29, 0.717) is 12.5 Å². The van der Waals surface area contributed by atoms with Gasteiger partial charge in [0.1, 0.15) is 0 Å². The summed E-state index contributed by atoms with van der Waals surface area (Å²) in [4.78, 5) is 14.1. The van der Waals surface area contributed by atoms with Gasteiger partial charge in [-0.05, 0) is 5.92 Å². The van der Waals surface area contributed by atoms with E-state index in [1.54, 1.807) is 0 Å². The maximum absolute atomic E-state index is 11.8. The molecule has 0 aromatic carbocycles. The van der Waals surface area contributed by atoms with Gasteiger partial charge in [-0.15, -0.1) is 10.2 Å². The lowest BCUT2D eigenvalue weighted by molar-refractivity contribution is 0.0317. The van der Waals surface area contributed by atoms with E-state index in [1.165, 1.54) is 0 Å². The highest BCUT2D eigenvalue weighted by Crippen LogP contribution is 2.04. The second-order valence-corrected chi connectivity index (χ2v) is 4.79. The molecule has 1 aliphatic heterocycles. The lowest BCUT2D eigenvalue weighted by atomic mass is 10.1. The number of nitrogens with one attached hydrogen (secondary N) is 2. The van der Waals surface area contributed by atoms with Gasteiger partial charge in [-0.1, -0.05) is 6.92 Å². The minimum absolute atomic E-state index is 0.123. The first kappa shape index (κ1) is 13.8. The number of ether oxygens (including phenoxy) is 1. The van der Waals surface area contributed by atoms with E-state index < -0.39 is 0 Å². The van der Waals surface area contributed by atoms with Gasteiger partial charge in [0.2, 0.25) is 0 Å². The van der Waals surface area contributed by atoms with Gasteiger partial charge >= 0.3 is 0 Å². The maximum atomic E-state index is 11.8. The molecule has 2 heterocycles. The summed E-state index contributed by atoms with van der Waals surface area (Å²) in [6, 6.07) is 0. The molecule has 1 amide bonds. The van der Waals surface area contributed by atoms with E-state index in [4.69, 9.17) is 10.5 Å². The summed E-state index contributed by atoms with van der Waals surface area (Å²) in [6.07, 6.45) is 0. The fraction of sp³-hybridized carbons (Fsp3) is 0.727. The van der Waals surface area contributed by atoms with Gasteiger partial charge in [-0.2, -0.15) is 5.21 Å². The van der Waals surface area contributed by atoms with Crippen LogP contribution in [0.25, 0.3) is 0 Å². The van der Waals surface area contributed by atoms with Crippen LogP contribution in [0, 0.1) is 5.92 Å². The van der Waals surface area contributed by atoms with E-state index in [-0.39, 0.29) is 17.4 Å². The zero-order chi connectivity index (χ0) is 13.7. The highest BCUT2D eigenvalue weighted by molar-refractivity contribution is 5.96. The molecule has 1 atom stereocenters. The van der Waals surface area contributed by atoms with Gasteiger partial charge in [0.25, 0.3) is 5.91 Å². The smallest absolute Gasteiger partial charge is 0.275 e. The maximum Gasteiger partial charge on any atom is 0.275 e. The summed E-state index contributed by atoms with van der Waals surface area (Å²) in [6.45, 7) is 7.11. The summed E-state index contributed by atoms with van der Waals surface area (Å²) in [7, 11) is 0. The predicted molar refractivity (Wildman–Crippen MR) is 69.6 cm³/mol. The quantitative estimate of drug-likeness (QED) is 0.637. The van der Waals surface area contributed by atoms with Crippen LogP contribution in [0.3, 0.4) is 0 Å². The van der Waals surface area contributed by atoms with Crippen LogP contribution in [0.2, 0.25) is 0 Å². The number of carbonyl (C=O) groups excluding carboxylic acids is 1. The standard InChI is InChI=1S/C11H20N6O2/c1-8(7-17-2-4-19-5-3-17)6-13-11(18)9-10(12)15-16-14-9/h8H,2-7H2,1H3,(H,13,18)(H3,12,14,15,16). The highest BCUT2D eigenvalue weighted by atomic mass is 16.5. The van der Waals surface area contributed by atoms with E-state index in [0.717, 1.165) is 32.8 Å². The van der Waals surface area contributed by atoms with Gasteiger partial charge < -0.3 is 15.8 Å². The molecule has 1 saturated heterocycles. The Hall–Kier alpha value is -1.67. The number of morpholine rings is 1. The average molecular weight is 268 g/mol. The normalized spacial score (nSPS) is 18.2. The fourth-order valence-corrected chi connectivity index (χ4v) is 2.05. The molecule has 1 fully saturated rings. The van der Waals surface area contributed by atoms with Crippen molar-refractivity contribution in [2.45, 2.75) is 6.92 Å². The van der Waals surface area contributed by atoms with Crippen molar-refractivity contribution in [2.75, 3.05) is 45.1 Å². The molecule has 1 aromatic rings. The molecule has 8 heteroatoms. The number of hydrogen-bond acceptors (Lipinski definition) is 6. The van der Waals surface area contributed by atoms with Gasteiger partial charge in [0.15, 0.2) is 11.5 Å². The molecule has 8 nitrogen and oxygen atoms in total. The largest absolute Gasteiger partial charge is 0.380 e. The number of amides is 1. The Morgan fingerprint density at radius 2 is 2.26 bits per heavy atom. The van der Waals surface area contributed by atoms with Crippen LogP contribution >= 0.6 is 0 Å². The molecule has 4 N–H and O–H groups in total. The third kappa shape index (κ3) is 3.90. The van der Waals surface area contributed by atoms with Gasteiger partial charge in [-0.25, -0.2) is 0 Å². The second kappa shape index (κ2) is 6.48. The molecular weight excluding hydrogens is 248 g/mol. The SMILES string of the molecule is CC(CNC(=O)c1n[nH]nc1N)CN1CCOCC1. The number of aromatic amines is 1. The zero-order valence-corrected chi connectivity index (χ0v) is 11.1. The Kier molecular flexibility index (Phi) is 4.69. The Morgan fingerprint density at radius 3 is 2.89 bits per heavy atom. The van der Waals surface area contributed by atoms with E-state index in [9.17, 15) is 4.79 Å². The van der Waals surface area contributed by atoms with Crippen LogP contribution in [0.1, 0.15) is 17.4 Å². The molecule has 0 aliphatic carbocycles. The summed E-state index contributed by atoms with van der Waals surface area (Å²) in [5, 5.41) is 12.5. The van der Waals surface area contributed by atoms with Crippen molar-refractivity contribution in [1.29, 1.82) is 0 Å². The molecule has 2 rings (SSSR count). The Balaban J connectivity index is 1.72. The number of rotatable bonds is 5. The van der Waals surface area contributed by atoms with E-state index in [2.05, 4.69) is 32.6 Å². The van der Waals surface area contributed by atoms with Crippen molar-refractivity contribution < 1.29 is 9.53 Å². The first-order valence-electron chi connectivity index (χ1n) is 6.41. The van der Waals surface area contributed by atoms with Crippen molar-refractivity contribution in [3.63, 3.8) is 0 Å². The first-order chi connectivity index (χ1) is 9.16. The lowest BCUT2D eigenvalue weighted by Crippen LogP contribution is -2.41. The van der Waals surface area contributed by atoms with Crippen LogP contribution in [0.15, 0.2) is 0 Å². The molecule has 1 aromatic heterocycles. The molecule has 19 heavy (non-hydrogen) atoms. The van der Waals surface area contributed by atoms with Gasteiger partial charge in [0, 0.05) is 26.2 Å². The zero-order valence-electron chi connectivity index (χ0n) is 11.1. The number of nitrogens with zero attached hydrogens (tertiary/aromatic N) is 3. The molecule has 0 radical (unpaired) electrons. The van der Waals surface area contributed by atoms with Crippen molar-refractivity contribution in [3.05, 3.63) is 5.69 Å². The Labute approximate surface area is 111 Å². The molecule has 0 saturated carbocycles. The monoisotopic (exact) mass is 268 g/mol. The minimum atomic E-state index is -0.292. The first-order valence-corrected chi connectivity index (χ1v) is 6.41. The topological polar surface area (TPSA) is 109 Å². The molecule has 106 valence electrons. The predicted octanol–water partition coefficient (Wildman–Crippen LogP) is -0.915. The lowest BCUT2D eigenvalue weighted by Gasteiger charge is -2.29. The highest BCUT2D eigenvalue weighted by Gasteiger charge is 2.17. The number of hydrogen-bond donors (Lipinski definition) is 3. The molecule has 1 unspecified atom stereocenters. The fourth-order valence-electron chi connectivity index (χ4n) is 2.05. The van der Waals surface area contributed by atoms with Crippen LogP contribution in [0.5, 0.6) is 0 Å². The minimum Gasteiger partial charge on any atom is -0.380 e. The van der Waals surface area contributed by atoms with E-state index >= 15 is 0 Å². The molecule has 1 aliphatic rings. The summed E-state index contributed by atoms with van der Waals surface area (Å²) >= 11 is 0. The van der Waals surface area contributed by atoms with Crippen molar-refractivity contribution in [3.8, 4) is 0 Å². The van der Waals surface area contributed by atoms with Crippen LogP contribution in [-0.4, -0.2) is 65.6 Å². The Bertz CT molecular complexity index is 415. The summed E-state index contributed by atoms with van der Waals surface area (Å²) in [5.74, 6) is 0.189. The van der Waals surface area contributed by atoms with Crippen LogP contribution < -0.4 is 11.1 Å². The number of nitrogen functional groups attached to an aromatic ring is 1. The van der Waals surface area contributed by atoms with Crippen LogP contribution in [0.4, 0.5) is 5.82 Å².